The molecule has 0 radical (unpaired) electrons. The molecule has 1 unspecified atom stereocenters. The standard InChI is InChI=1S/C17H19N3O4S2/c21-16-19-12-17(24-16)6-1-10-20(11-7-17)26(22,23)15-3-2-14(25-15)13-4-8-18-9-5-13/h2-5,8-9H,1,6-7,10-12H2,(H,19,21). The third-order valence-corrected chi connectivity index (χ3v) is 8.36. The molecule has 1 atom stereocenters. The largest absolute Gasteiger partial charge is 0.441 e. The summed E-state index contributed by atoms with van der Waals surface area (Å²) >= 11 is 1.26. The number of ether oxygens (including phenoxy) is 1. The number of pyridine rings is 1. The first-order valence-electron chi connectivity index (χ1n) is 8.46. The van der Waals surface area contributed by atoms with Crippen LogP contribution < -0.4 is 5.32 Å². The Hall–Kier alpha value is -1.97. The van der Waals surface area contributed by atoms with E-state index in [2.05, 4.69) is 10.3 Å². The summed E-state index contributed by atoms with van der Waals surface area (Å²) in [5.41, 5.74) is 0.379. The van der Waals surface area contributed by atoms with Crippen molar-refractivity contribution in [2.24, 2.45) is 0 Å². The van der Waals surface area contributed by atoms with Crippen molar-refractivity contribution in [2.75, 3.05) is 19.6 Å². The van der Waals surface area contributed by atoms with E-state index in [1.54, 1.807) is 18.5 Å². The number of hydrogen-bond donors (Lipinski definition) is 1. The fraction of sp³-hybridized carbons (Fsp3) is 0.412. The number of nitrogens with one attached hydrogen (secondary N) is 1. The van der Waals surface area contributed by atoms with Crippen molar-refractivity contribution < 1.29 is 17.9 Å². The molecule has 0 aliphatic carbocycles. The van der Waals surface area contributed by atoms with Gasteiger partial charge in [-0.25, -0.2) is 13.2 Å². The van der Waals surface area contributed by atoms with E-state index in [1.165, 1.54) is 15.6 Å². The number of alkyl carbamates (subject to hydrolysis) is 1. The number of nitrogens with zero attached hydrogens (tertiary/aromatic N) is 2. The van der Waals surface area contributed by atoms with Crippen molar-refractivity contribution in [3.8, 4) is 10.4 Å². The highest BCUT2D eigenvalue weighted by molar-refractivity contribution is 7.91. The molecule has 2 saturated heterocycles. The molecule has 9 heteroatoms. The van der Waals surface area contributed by atoms with Crippen LogP contribution in [0, 0.1) is 0 Å². The highest BCUT2D eigenvalue weighted by atomic mass is 32.2. The van der Waals surface area contributed by atoms with Gasteiger partial charge in [-0.1, -0.05) is 0 Å². The zero-order chi connectivity index (χ0) is 18.2. The van der Waals surface area contributed by atoms with Gasteiger partial charge in [0.25, 0.3) is 10.0 Å². The lowest BCUT2D eigenvalue weighted by Crippen LogP contribution is -2.36. The smallest absolute Gasteiger partial charge is 0.407 e. The van der Waals surface area contributed by atoms with Gasteiger partial charge in [-0.15, -0.1) is 11.3 Å². The fourth-order valence-corrected chi connectivity index (χ4v) is 6.37. The predicted octanol–water partition coefficient (Wildman–Crippen LogP) is 2.46. The Kier molecular flexibility index (Phi) is 4.45. The summed E-state index contributed by atoms with van der Waals surface area (Å²) in [5, 5.41) is 2.68. The summed E-state index contributed by atoms with van der Waals surface area (Å²) in [4.78, 5) is 16.3. The number of aromatic nitrogens is 1. The first kappa shape index (κ1) is 17.4. The molecule has 138 valence electrons. The maximum Gasteiger partial charge on any atom is 0.407 e. The number of carbonyl (C=O) groups is 1. The third-order valence-electron chi connectivity index (χ3n) is 4.86. The molecule has 2 aromatic rings. The van der Waals surface area contributed by atoms with Gasteiger partial charge in [-0.3, -0.25) is 4.98 Å². The molecule has 1 N–H and O–H groups in total. The van der Waals surface area contributed by atoms with Gasteiger partial charge in [-0.2, -0.15) is 4.31 Å². The summed E-state index contributed by atoms with van der Waals surface area (Å²) < 4.78 is 33.4. The summed E-state index contributed by atoms with van der Waals surface area (Å²) in [6.07, 6.45) is 4.80. The van der Waals surface area contributed by atoms with E-state index in [-0.39, 0.29) is 0 Å². The number of carbonyl (C=O) groups excluding carboxylic acids is 1. The lowest BCUT2D eigenvalue weighted by molar-refractivity contribution is 0.0460. The molecule has 4 heterocycles. The second-order valence-corrected chi connectivity index (χ2v) is 9.79. The minimum absolute atomic E-state index is 0.335. The number of hydrogen-bond acceptors (Lipinski definition) is 6. The average Bonchev–Trinajstić information content (AvgIpc) is 3.21. The monoisotopic (exact) mass is 393 g/mol. The second kappa shape index (κ2) is 6.64. The van der Waals surface area contributed by atoms with Crippen molar-refractivity contribution in [1.82, 2.24) is 14.6 Å². The number of rotatable bonds is 3. The minimum atomic E-state index is -3.56. The SMILES string of the molecule is O=C1NCC2(CCCN(S(=O)(=O)c3ccc(-c4ccncc4)s3)CC2)O1. The molecule has 4 rings (SSSR count). The van der Waals surface area contributed by atoms with Crippen LogP contribution >= 0.6 is 11.3 Å². The van der Waals surface area contributed by atoms with Crippen LogP contribution in [-0.4, -0.2) is 49.0 Å². The van der Waals surface area contributed by atoms with Gasteiger partial charge < -0.3 is 10.1 Å². The Morgan fingerprint density at radius 3 is 2.69 bits per heavy atom. The lowest BCUT2D eigenvalue weighted by atomic mass is 9.95. The van der Waals surface area contributed by atoms with Crippen molar-refractivity contribution in [3.63, 3.8) is 0 Å². The van der Waals surface area contributed by atoms with Crippen LogP contribution in [0.2, 0.25) is 0 Å². The molecule has 2 fully saturated rings. The molecule has 7 nitrogen and oxygen atoms in total. The highest BCUT2D eigenvalue weighted by Crippen LogP contribution is 2.35. The summed E-state index contributed by atoms with van der Waals surface area (Å²) in [7, 11) is -3.56. The van der Waals surface area contributed by atoms with E-state index in [9.17, 15) is 13.2 Å². The van der Waals surface area contributed by atoms with Crippen molar-refractivity contribution in [1.29, 1.82) is 0 Å². The van der Waals surface area contributed by atoms with Crippen molar-refractivity contribution >= 4 is 27.5 Å². The molecule has 2 aliphatic rings. The van der Waals surface area contributed by atoms with Crippen molar-refractivity contribution in [2.45, 2.75) is 29.1 Å². The molecule has 26 heavy (non-hydrogen) atoms. The zero-order valence-electron chi connectivity index (χ0n) is 14.1. The van der Waals surface area contributed by atoms with E-state index in [0.29, 0.717) is 43.1 Å². The minimum Gasteiger partial charge on any atom is -0.441 e. The van der Waals surface area contributed by atoms with Gasteiger partial charge in [0.1, 0.15) is 9.81 Å². The van der Waals surface area contributed by atoms with Gasteiger partial charge >= 0.3 is 6.09 Å². The van der Waals surface area contributed by atoms with Crippen LogP contribution in [0.5, 0.6) is 0 Å². The van der Waals surface area contributed by atoms with Gasteiger partial charge in [0.15, 0.2) is 0 Å². The lowest BCUT2D eigenvalue weighted by Gasteiger charge is -2.24. The van der Waals surface area contributed by atoms with Crippen LogP contribution in [0.15, 0.2) is 40.9 Å². The van der Waals surface area contributed by atoms with Gasteiger partial charge in [0.2, 0.25) is 0 Å². The molecule has 1 amide bonds. The maximum absolute atomic E-state index is 13.1. The van der Waals surface area contributed by atoms with E-state index < -0.39 is 21.7 Å². The Balaban J connectivity index is 1.54. The van der Waals surface area contributed by atoms with E-state index >= 15 is 0 Å². The van der Waals surface area contributed by atoms with E-state index in [0.717, 1.165) is 10.4 Å². The molecule has 0 saturated carbocycles. The average molecular weight is 393 g/mol. The van der Waals surface area contributed by atoms with Crippen molar-refractivity contribution in [3.05, 3.63) is 36.7 Å². The highest BCUT2D eigenvalue weighted by Gasteiger charge is 2.43. The topological polar surface area (TPSA) is 88.6 Å². The first-order chi connectivity index (χ1) is 12.5. The second-order valence-electron chi connectivity index (χ2n) is 6.54. The summed E-state index contributed by atoms with van der Waals surface area (Å²) in [5.74, 6) is 0. The van der Waals surface area contributed by atoms with Gasteiger partial charge in [0, 0.05) is 36.8 Å². The Labute approximate surface area is 156 Å². The molecule has 0 bridgehead atoms. The molecule has 0 aromatic carbocycles. The Morgan fingerprint density at radius 1 is 1.15 bits per heavy atom. The summed E-state index contributed by atoms with van der Waals surface area (Å²) in [6, 6.07) is 7.21. The maximum atomic E-state index is 13.1. The van der Waals surface area contributed by atoms with Crippen LogP contribution in [0.25, 0.3) is 10.4 Å². The van der Waals surface area contributed by atoms with Crippen LogP contribution in [-0.2, 0) is 14.8 Å². The van der Waals surface area contributed by atoms with E-state index in [1.807, 2.05) is 18.2 Å². The number of amides is 1. The Bertz CT molecular complexity index is 913. The molecular formula is C17H19N3O4S2. The normalized spacial score (nSPS) is 24.2. The molecule has 1 spiro atoms. The molecule has 2 aliphatic heterocycles. The Morgan fingerprint density at radius 2 is 1.96 bits per heavy atom. The molecule has 2 aromatic heterocycles. The number of sulfonamides is 1. The van der Waals surface area contributed by atoms with Crippen LogP contribution in [0.4, 0.5) is 4.79 Å². The van der Waals surface area contributed by atoms with Crippen LogP contribution in [0.1, 0.15) is 19.3 Å². The quantitative estimate of drug-likeness (QED) is 0.865. The van der Waals surface area contributed by atoms with Crippen LogP contribution in [0.3, 0.4) is 0 Å². The predicted molar refractivity (Wildman–Crippen MR) is 97.4 cm³/mol. The third kappa shape index (κ3) is 3.22. The molecular weight excluding hydrogens is 374 g/mol. The number of thiophene rings is 1. The van der Waals surface area contributed by atoms with E-state index in [4.69, 9.17) is 4.74 Å². The summed E-state index contributed by atoms with van der Waals surface area (Å²) in [6.45, 7) is 1.23. The van der Waals surface area contributed by atoms with Gasteiger partial charge in [0.05, 0.1) is 6.54 Å². The van der Waals surface area contributed by atoms with Gasteiger partial charge in [-0.05, 0) is 42.7 Å². The fourth-order valence-electron chi connectivity index (χ4n) is 3.42. The first-order valence-corrected chi connectivity index (χ1v) is 10.7. The zero-order valence-corrected chi connectivity index (χ0v) is 15.7.